The van der Waals surface area contributed by atoms with E-state index >= 15 is 0 Å². The van der Waals surface area contributed by atoms with Crippen molar-refractivity contribution in [2.24, 2.45) is 0 Å². The van der Waals surface area contributed by atoms with E-state index in [-0.39, 0.29) is 6.29 Å². The summed E-state index contributed by atoms with van der Waals surface area (Å²) in [4.78, 5) is 0. The molecular weight excluding hydrogens is 128 g/mol. The van der Waals surface area contributed by atoms with Crippen molar-refractivity contribution < 1.29 is 9.47 Å². The monoisotopic (exact) mass is 144 g/mol. The number of hydrogen-bond acceptors (Lipinski definition) is 2. The molecule has 0 aromatic rings. The minimum atomic E-state index is 0.0775. The van der Waals surface area contributed by atoms with Crippen LogP contribution in [0.5, 0.6) is 0 Å². The van der Waals surface area contributed by atoms with Gasteiger partial charge in [-0.1, -0.05) is 0 Å². The second-order valence-electron chi connectivity index (χ2n) is 2.76. The van der Waals surface area contributed by atoms with Gasteiger partial charge in [0.25, 0.3) is 0 Å². The molecule has 0 radical (unpaired) electrons. The second kappa shape index (κ2) is 3.94. The first-order chi connectivity index (χ1) is 4.83. The van der Waals surface area contributed by atoms with Crippen LogP contribution in [0, 0.1) is 0 Å². The minimum Gasteiger partial charge on any atom is -0.353 e. The molecule has 0 saturated carbocycles. The van der Waals surface area contributed by atoms with Gasteiger partial charge in [0.15, 0.2) is 6.29 Å². The largest absolute Gasteiger partial charge is 0.353 e. The summed E-state index contributed by atoms with van der Waals surface area (Å²) >= 11 is 0. The molecule has 0 spiro atoms. The Kier molecular flexibility index (Phi) is 3.16. The molecule has 0 aromatic heterocycles. The maximum Gasteiger partial charge on any atom is 0.157 e. The summed E-state index contributed by atoms with van der Waals surface area (Å²) in [6.07, 6.45) is 3.96. The molecule has 2 unspecified atom stereocenters. The third-order valence-corrected chi connectivity index (χ3v) is 1.79. The van der Waals surface area contributed by atoms with Gasteiger partial charge in [0.2, 0.25) is 0 Å². The van der Waals surface area contributed by atoms with Gasteiger partial charge in [-0.3, -0.25) is 0 Å². The van der Waals surface area contributed by atoms with Gasteiger partial charge in [0.05, 0.1) is 6.10 Å². The number of hydrogen-bond donors (Lipinski definition) is 0. The average Bonchev–Trinajstić information content (AvgIpc) is 1.88. The standard InChI is InChI=1S/C8H16O2/c1-3-9-8-6-4-5-7(2)10-8/h7-8H,3-6H2,1-2H3. The lowest BCUT2D eigenvalue weighted by Crippen LogP contribution is -2.27. The van der Waals surface area contributed by atoms with Gasteiger partial charge < -0.3 is 9.47 Å². The summed E-state index contributed by atoms with van der Waals surface area (Å²) in [5, 5.41) is 0. The van der Waals surface area contributed by atoms with E-state index in [1.54, 1.807) is 0 Å². The molecule has 60 valence electrons. The predicted molar refractivity (Wildman–Crippen MR) is 39.8 cm³/mol. The highest BCUT2D eigenvalue weighted by molar-refractivity contribution is 4.60. The quantitative estimate of drug-likeness (QED) is 0.589. The second-order valence-corrected chi connectivity index (χ2v) is 2.76. The average molecular weight is 144 g/mol. The zero-order valence-electron chi connectivity index (χ0n) is 6.80. The van der Waals surface area contributed by atoms with Crippen LogP contribution in [-0.4, -0.2) is 19.0 Å². The first kappa shape index (κ1) is 8.02. The summed E-state index contributed by atoms with van der Waals surface area (Å²) in [6, 6.07) is 0. The molecule has 0 amide bonds. The summed E-state index contributed by atoms with van der Waals surface area (Å²) in [7, 11) is 0. The lowest BCUT2D eigenvalue weighted by Gasteiger charge is -2.27. The highest BCUT2D eigenvalue weighted by Gasteiger charge is 2.18. The van der Waals surface area contributed by atoms with Gasteiger partial charge in [-0.25, -0.2) is 0 Å². The Labute approximate surface area is 62.5 Å². The third kappa shape index (κ3) is 2.27. The van der Waals surface area contributed by atoms with Crippen LogP contribution in [-0.2, 0) is 9.47 Å². The van der Waals surface area contributed by atoms with Crippen LogP contribution in [0.2, 0.25) is 0 Å². The molecule has 0 aliphatic carbocycles. The van der Waals surface area contributed by atoms with Crippen LogP contribution >= 0.6 is 0 Å². The Bertz CT molecular complexity index is 91.3. The van der Waals surface area contributed by atoms with E-state index in [0.29, 0.717) is 6.10 Å². The summed E-state index contributed by atoms with van der Waals surface area (Å²) < 4.78 is 10.8. The van der Waals surface area contributed by atoms with E-state index in [2.05, 4.69) is 6.92 Å². The zero-order valence-corrected chi connectivity index (χ0v) is 6.80. The van der Waals surface area contributed by atoms with Gasteiger partial charge >= 0.3 is 0 Å². The van der Waals surface area contributed by atoms with E-state index in [1.807, 2.05) is 6.92 Å². The summed E-state index contributed by atoms with van der Waals surface area (Å²) in [5.41, 5.74) is 0. The highest BCUT2D eigenvalue weighted by atomic mass is 16.7. The first-order valence-corrected chi connectivity index (χ1v) is 4.10. The molecule has 0 aromatic carbocycles. The van der Waals surface area contributed by atoms with Crippen molar-refractivity contribution in [3.63, 3.8) is 0 Å². The van der Waals surface area contributed by atoms with Crippen LogP contribution in [0.1, 0.15) is 33.1 Å². The van der Waals surface area contributed by atoms with Crippen LogP contribution in [0.25, 0.3) is 0 Å². The molecule has 1 rings (SSSR count). The topological polar surface area (TPSA) is 18.5 Å². The molecule has 10 heavy (non-hydrogen) atoms. The molecule has 1 aliphatic rings. The molecule has 1 fully saturated rings. The van der Waals surface area contributed by atoms with Gasteiger partial charge in [0.1, 0.15) is 0 Å². The highest BCUT2D eigenvalue weighted by Crippen LogP contribution is 2.18. The predicted octanol–water partition coefficient (Wildman–Crippen LogP) is 1.94. The van der Waals surface area contributed by atoms with Crippen molar-refractivity contribution in [2.75, 3.05) is 6.61 Å². The molecule has 2 heteroatoms. The molecule has 1 aliphatic heterocycles. The first-order valence-electron chi connectivity index (χ1n) is 4.10. The normalized spacial score (nSPS) is 34.2. The lowest BCUT2D eigenvalue weighted by molar-refractivity contribution is -0.186. The number of ether oxygens (including phenoxy) is 2. The minimum absolute atomic E-state index is 0.0775. The van der Waals surface area contributed by atoms with Crippen LogP contribution in [0.3, 0.4) is 0 Å². The molecule has 2 atom stereocenters. The van der Waals surface area contributed by atoms with Crippen molar-refractivity contribution >= 4 is 0 Å². The molecule has 1 heterocycles. The Balaban J connectivity index is 2.18. The maximum absolute atomic E-state index is 5.50. The summed E-state index contributed by atoms with van der Waals surface area (Å²) in [5.74, 6) is 0. The van der Waals surface area contributed by atoms with E-state index in [4.69, 9.17) is 9.47 Å². The Morgan fingerprint density at radius 2 is 2.30 bits per heavy atom. The van der Waals surface area contributed by atoms with Crippen molar-refractivity contribution in [1.82, 2.24) is 0 Å². The van der Waals surface area contributed by atoms with E-state index in [0.717, 1.165) is 13.0 Å². The summed E-state index contributed by atoms with van der Waals surface area (Å²) in [6.45, 7) is 4.87. The molecule has 0 bridgehead atoms. The van der Waals surface area contributed by atoms with Gasteiger partial charge in [-0.2, -0.15) is 0 Å². The third-order valence-electron chi connectivity index (χ3n) is 1.79. The Morgan fingerprint density at radius 1 is 1.50 bits per heavy atom. The molecule has 1 saturated heterocycles. The van der Waals surface area contributed by atoms with Crippen molar-refractivity contribution in [3.8, 4) is 0 Å². The molecular formula is C8H16O2. The van der Waals surface area contributed by atoms with Gasteiger partial charge in [-0.15, -0.1) is 0 Å². The van der Waals surface area contributed by atoms with E-state index in [9.17, 15) is 0 Å². The van der Waals surface area contributed by atoms with Crippen LogP contribution in [0.15, 0.2) is 0 Å². The lowest BCUT2D eigenvalue weighted by atomic mass is 10.1. The number of rotatable bonds is 2. The zero-order chi connectivity index (χ0) is 7.40. The fraction of sp³-hybridized carbons (Fsp3) is 1.00. The Hall–Kier alpha value is -0.0800. The van der Waals surface area contributed by atoms with E-state index in [1.165, 1.54) is 12.8 Å². The van der Waals surface area contributed by atoms with Crippen molar-refractivity contribution in [1.29, 1.82) is 0 Å². The van der Waals surface area contributed by atoms with Gasteiger partial charge in [-0.05, 0) is 33.1 Å². The molecule has 2 nitrogen and oxygen atoms in total. The fourth-order valence-electron chi connectivity index (χ4n) is 1.28. The fourth-order valence-corrected chi connectivity index (χ4v) is 1.28. The van der Waals surface area contributed by atoms with E-state index < -0.39 is 0 Å². The maximum atomic E-state index is 5.50. The SMILES string of the molecule is CCOC1CCCC(C)O1. The molecule has 0 N–H and O–H groups in total. The Morgan fingerprint density at radius 3 is 2.90 bits per heavy atom. The van der Waals surface area contributed by atoms with Gasteiger partial charge in [0, 0.05) is 6.61 Å². The van der Waals surface area contributed by atoms with Crippen LogP contribution < -0.4 is 0 Å². The van der Waals surface area contributed by atoms with Crippen molar-refractivity contribution in [3.05, 3.63) is 0 Å². The smallest absolute Gasteiger partial charge is 0.157 e. The van der Waals surface area contributed by atoms with Crippen LogP contribution in [0.4, 0.5) is 0 Å². The van der Waals surface area contributed by atoms with Crippen molar-refractivity contribution in [2.45, 2.75) is 45.5 Å².